The van der Waals surface area contributed by atoms with Crippen LogP contribution in [0.15, 0.2) is 23.3 Å². The molecule has 5 rings (SSSR count). The molecule has 3 aliphatic carbocycles. The molecule has 10 atom stereocenters. The Morgan fingerprint density at radius 2 is 1.79 bits per heavy atom. The Balaban J connectivity index is 1.65. The van der Waals surface area contributed by atoms with Gasteiger partial charge in [0.15, 0.2) is 0 Å². The Labute approximate surface area is 246 Å². The molecule has 0 spiro atoms. The van der Waals surface area contributed by atoms with Crippen LogP contribution in [0.4, 0.5) is 0 Å². The second-order valence-electron chi connectivity index (χ2n) is 13.8. The van der Waals surface area contributed by atoms with Gasteiger partial charge in [-0.2, -0.15) is 0 Å². The second-order valence-corrected chi connectivity index (χ2v) is 13.8. The van der Waals surface area contributed by atoms with Gasteiger partial charge in [-0.3, -0.25) is 19.2 Å². The van der Waals surface area contributed by atoms with E-state index in [1.807, 2.05) is 40.7 Å². The molecular weight excluding hydrogens is 544 g/mol. The van der Waals surface area contributed by atoms with Gasteiger partial charge in [-0.05, 0) is 37.0 Å². The molecule has 5 aliphatic rings. The van der Waals surface area contributed by atoms with Crippen LogP contribution in [0.25, 0.3) is 0 Å². The zero-order valence-electron chi connectivity index (χ0n) is 25.4. The summed E-state index contributed by atoms with van der Waals surface area (Å²) in [5, 5.41) is 10.5. The van der Waals surface area contributed by atoms with Crippen molar-refractivity contribution in [3.63, 3.8) is 0 Å². The van der Waals surface area contributed by atoms with Crippen molar-refractivity contribution in [3.8, 4) is 0 Å². The normalized spacial score (nSPS) is 40.9. The lowest BCUT2D eigenvalue weighted by atomic mass is 9.40. The largest absolute Gasteiger partial charge is 0.469 e. The van der Waals surface area contributed by atoms with E-state index >= 15 is 0 Å². The van der Waals surface area contributed by atoms with Crippen LogP contribution < -0.4 is 0 Å². The molecule has 0 aromatic rings. The molecule has 2 heterocycles. The predicted molar refractivity (Wildman–Crippen MR) is 147 cm³/mol. The fourth-order valence-corrected chi connectivity index (χ4v) is 8.76. The molecule has 10 nitrogen and oxygen atoms in total. The third-order valence-electron chi connectivity index (χ3n) is 11.4. The zero-order valence-corrected chi connectivity index (χ0v) is 25.4. The highest BCUT2D eigenvalue weighted by atomic mass is 16.6. The molecule has 0 amide bonds. The molecule has 2 aliphatic heterocycles. The maximum atomic E-state index is 14.5. The first kappa shape index (κ1) is 30.4. The lowest BCUT2D eigenvalue weighted by Crippen LogP contribution is -2.67. The third kappa shape index (κ3) is 4.35. The molecule has 3 fully saturated rings. The van der Waals surface area contributed by atoms with Crippen molar-refractivity contribution in [2.75, 3.05) is 7.11 Å². The topological polar surface area (TPSA) is 142 Å². The van der Waals surface area contributed by atoms with Gasteiger partial charge in [0.05, 0.1) is 25.4 Å². The minimum atomic E-state index is -1.50. The summed E-state index contributed by atoms with van der Waals surface area (Å²) in [6, 6.07) is 0. The Morgan fingerprint density at radius 1 is 1.10 bits per heavy atom. The van der Waals surface area contributed by atoms with Crippen LogP contribution in [0.5, 0.6) is 0 Å². The second kappa shape index (κ2) is 10.3. The van der Waals surface area contributed by atoms with Gasteiger partial charge in [0.1, 0.15) is 18.0 Å². The molecule has 42 heavy (non-hydrogen) atoms. The summed E-state index contributed by atoms with van der Waals surface area (Å²) >= 11 is 0. The van der Waals surface area contributed by atoms with Crippen LogP contribution in [-0.2, 0) is 42.9 Å². The lowest BCUT2D eigenvalue weighted by Gasteiger charge is -2.64. The number of fused-ring (bicyclic) bond motifs is 6. The van der Waals surface area contributed by atoms with Crippen LogP contribution in [0.3, 0.4) is 0 Å². The third-order valence-corrected chi connectivity index (χ3v) is 11.4. The average Bonchev–Trinajstić information content (AvgIpc) is 3.27. The molecule has 2 bridgehead atoms. The number of aliphatic hydroxyl groups is 1. The van der Waals surface area contributed by atoms with Gasteiger partial charge < -0.3 is 24.1 Å². The van der Waals surface area contributed by atoms with E-state index in [-0.39, 0.29) is 42.0 Å². The fourth-order valence-electron chi connectivity index (χ4n) is 8.76. The first-order chi connectivity index (χ1) is 19.6. The summed E-state index contributed by atoms with van der Waals surface area (Å²) in [6.07, 6.45) is 1.61. The number of Topliss-reactive ketones (excluding diaryl/α,β-unsaturated/α-hetero) is 1. The number of hydrogen-bond donors (Lipinski definition) is 1. The minimum Gasteiger partial charge on any atom is -0.469 e. The maximum absolute atomic E-state index is 14.5. The molecule has 1 N–H and O–H groups in total. The smallest absolute Gasteiger partial charge is 0.333 e. The first-order valence-corrected chi connectivity index (χ1v) is 14.9. The first-order valence-electron chi connectivity index (χ1n) is 14.9. The van der Waals surface area contributed by atoms with Crippen LogP contribution in [0, 0.1) is 45.8 Å². The van der Waals surface area contributed by atoms with Crippen LogP contribution in [0.1, 0.15) is 73.6 Å². The highest BCUT2D eigenvalue weighted by Crippen LogP contribution is 2.67. The SMILES string of the molecule is CCC(C)C(=O)OC1C2C=C3C4CC(=O)OC(C5=CC(=O)OC5O)C4(C)CCC3C(C)(C2=O)C(CC(=O)OC)C1(C)C. The van der Waals surface area contributed by atoms with Crippen LogP contribution in [-0.4, -0.2) is 60.4 Å². The van der Waals surface area contributed by atoms with E-state index in [2.05, 4.69) is 0 Å². The number of ether oxygens (including phenoxy) is 4. The highest BCUT2D eigenvalue weighted by molar-refractivity contribution is 5.94. The number of allylic oxidation sites excluding steroid dienone is 1. The molecule has 0 aromatic carbocycles. The summed E-state index contributed by atoms with van der Waals surface area (Å²) in [4.78, 5) is 65.4. The lowest BCUT2D eigenvalue weighted by molar-refractivity contribution is -0.197. The molecule has 1 saturated heterocycles. The average molecular weight is 587 g/mol. The quantitative estimate of drug-likeness (QED) is 0.279. The number of ketones is 1. The number of carbonyl (C=O) groups excluding carboxylic acids is 5. The van der Waals surface area contributed by atoms with Crippen LogP contribution >= 0.6 is 0 Å². The van der Waals surface area contributed by atoms with Crippen LogP contribution in [0.2, 0.25) is 0 Å². The Hall–Kier alpha value is -3.01. The van der Waals surface area contributed by atoms with Gasteiger partial charge in [-0.15, -0.1) is 0 Å². The number of carbonyl (C=O) groups is 5. The summed E-state index contributed by atoms with van der Waals surface area (Å²) in [5.41, 5.74) is -1.32. The van der Waals surface area contributed by atoms with Gasteiger partial charge in [-0.25, -0.2) is 4.79 Å². The molecule has 230 valence electrons. The van der Waals surface area contributed by atoms with E-state index < -0.39 is 70.5 Å². The van der Waals surface area contributed by atoms with Crippen molar-refractivity contribution in [1.29, 1.82) is 0 Å². The molecule has 10 heteroatoms. The summed E-state index contributed by atoms with van der Waals surface area (Å²) in [5.74, 6) is -4.37. The number of methoxy groups -OCH3 is 1. The Morgan fingerprint density at radius 3 is 2.38 bits per heavy atom. The number of cyclic esters (lactones) is 2. The number of esters is 4. The van der Waals surface area contributed by atoms with Crippen molar-refractivity contribution in [1.82, 2.24) is 0 Å². The standard InChI is InChI=1S/C32H42O10/c1-8-15(2)28(37)42-26-17-11-16-19(32(6,25(17)36)21(30(26,3)4)14-22(33)39-7)9-10-31(5)20(16)13-24(35)40-27(31)18-12-23(34)41-29(18)38/h11-12,15,17,19-21,26-27,29,38H,8-10,13-14H2,1-7H3. The summed E-state index contributed by atoms with van der Waals surface area (Å²) in [6.45, 7) is 11.5. The van der Waals surface area contributed by atoms with Gasteiger partial charge in [0, 0.05) is 34.3 Å². The molecule has 0 aromatic heterocycles. The van der Waals surface area contributed by atoms with Gasteiger partial charge in [0.25, 0.3) is 0 Å². The monoisotopic (exact) mass is 586 g/mol. The zero-order chi connectivity index (χ0) is 30.9. The van der Waals surface area contributed by atoms with Gasteiger partial charge in [-0.1, -0.05) is 53.2 Å². The summed E-state index contributed by atoms with van der Waals surface area (Å²) in [7, 11) is 1.32. The molecule has 0 radical (unpaired) electrons. The molecular formula is C32H42O10. The molecule has 10 unspecified atom stereocenters. The fraction of sp³-hybridized carbons (Fsp3) is 0.719. The van der Waals surface area contributed by atoms with Crippen molar-refractivity contribution >= 4 is 29.7 Å². The Kier molecular flexibility index (Phi) is 7.48. The van der Waals surface area contributed by atoms with Crippen molar-refractivity contribution in [3.05, 3.63) is 23.3 Å². The van der Waals surface area contributed by atoms with E-state index in [1.165, 1.54) is 13.2 Å². The highest BCUT2D eigenvalue weighted by Gasteiger charge is 2.69. The minimum absolute atomic E-state index is 0.0231. The molecule has 2 saturated carbocycles. The Bertz CT molecular complexity index is 1280. The van der Waals surface area contributed by atoms with E-state index in [9.17, 15) is 29.1 Å². The van der Waals surface area contributed by atoms with E-state index in [0.29, 0.717) is 19.3 Å². The maximum Gasteiger partial charge on any atom is 0.333 e. The van der Waals surface area contributed by atoms with E-state index in [0.717, 1.165) is 5.57 Å². The summed E-state index contributed by atoms with van der Waals surface area (Å²) < 4.78 is 21.9. The van der Waals surface area contributed by atoms with E-state index in [4.69, 9.17) is 18.9 Å². The number of aliphatic hydroxyl groups excluding tert-OH is 1. The van der Waals surface area contributed by atoms with E-state index in [1.54, 1.807) is 6.92 Å². The number of hydrogen-bond acceptors (Lipinski definition) is 10. The van der Waals surface area contributed by atoms with Gasteiger partial charge >= 0.3 is 23.9 Å². The van der Waals surface area contributed by atoms with Crippen molar-refractivity contribution in [2.45, 2.75) is 92.1 Å². The van der Waals surface area contributed by atoms with Crippen molar-refractivity contribution < 1.29 is 48.0 Å². The van der Waals surface area contributed by atoms with Gasteiger partial charge in [0.2, 0.25) is 6.29 Å². The predicted octanol–water partition coefficient (Wildman–Crippen LogP) is 3.44. The van der Waals surface area contributed by atoms with Crippen molar-refractivity contribution in [2.24, 2.45) is 45.8 Å². The number of rotatable bonds is 6.